The van der Waals surface area contributed by atoms with Gasteiger partial charge in [0.05, 0.1) is 12.6 Å². The molecule has 2 aromatic rings. The third kappa shape index (κ3) is 3.15. The number of aliphatic hydroxyl groups is 1. The summed E-state index contributed by atoms with van der Waals surface area (Å²) in [6, 6.07) is 14.4. The van der Waals surface area contributed by atoms with E-state index in [4.69, 9.17) is 0 Å². The van der Waals surface area contributed by atoms with Gasteiger partial charge < -0.3 is 10.4 Å². The molecule has 0 fully saturated rings. The van der Waals surface area contributed by atoms with Crippen molar-refractivity contribution in [1.82, 2.24) is 0 Å². The molecule has 19 heavy (non-hydrogen) atoms. The summed E-state index contributed by atoms with van der Waals surface area (Å²) in [5.41, 5.74) is 5.90. The lowest BCUT2D eigenvalue weighted by Crippen LogP contribution is -2.16. The van der Waals surface area contributed by atoms with Gasteiger partial charge in [-0.2, -0.15) is 0 Å². The summed E-state index contributed by atoms with van der Waals surface area (Å²) in [7, 11) is 0. The molecule has 0 aliphatic rings. The van der Waals surface area contributed by atoms with Gasteiger partial charge in [0.1, 0.15) is 0 Å². The van der Waals surface area contributed by atoms with Gasteiger partial charge in [-0.05, 0) is 55.2 Å². The number of nitrogens with one attached hydrogen (secondary N) is 1. The van der Waals surface area contributed by atoms with E-state index in [1.165, 1.54) is 16.7 Å². The van der Waals surface area contributed by atoms with E-state index < -0.39 is 0 Å². The molecule has 0 aliphatic carbocycles. The van der Waals surface area contributed by atoms with Crippen LogP contribution in [0.15, 0.2) is 42.5 Å². The molecule has 2 N–H and O–H groups in total. The van der Waals surface area contributed by atoms with Crippen LogP contribution in [0.5, 0.6) is 0 Å². The molecule has 0 aliphatic heterocycles. The maximum absolute atomic E-state index is 9.66. The molecule has 1 atom stereocenters. The van der Waals surface area contributed by atoms with E-state index in [9.17, 15) is 5.11 Å². The molecule has 0 amide bonds. The van der Waals surface area contributed by atoms with Crippen molar-refractivity contribution >= 4 is 5.69 Å². The van der Waals surface area contributed by atoms with E-state index in [0.717, 1.165) is 11.3 Å². The van der Waals surface area contributed by atoms with Crippen LogP contribution in [0.1, 0.15) is 28.3 Å². The fourth-order valence-corrected chi connectivity index (χ4v) is 2.31. The number of hydrogen-bond donors (Lipinski definition) is 2. The molecule has 2 aromatic carbocycles. The molecule has 0 saturated heterocycles. The SMILES string of the molecule is Cc1cccc(NC(CO)c2cccc(C)c2C)c1. The molecule has 2 heteroatoms. The summed E-state index contributed by atoms with van der Waals surface area (Å²) in [6.07, 6.45) is 0. The van der Waals surface area contributed by atoms with E-state index in [0.29, 0.717) is 0 Å². The standard InChI is InChI=1S/C17H21NO/c1-12-6-4-8-15(10-12)18-17(11-19)16-9-5-7-13(2)14(16)3/h4-10,17-19H,11H2,1-3H3. The Balaban J connectivity index is 2.28. The van der Waals surface area contributed by atoms with Crippen molar-refractivity contribution in [2.24, 2.45) is 0 Å². The Hall–Kier alpha value is -1.80. The molecular formula is C17H21NO. The van der Waals surface area contributed by atoms with Crippen molar-refractivity contribution in [3.05, 3.63) is 64.7 Å². The Morgan fingerprint density at radius 1 is 1.05 bits per heavy atom. The molecular weight excluding hydrogens is 234 g/mol. The summed E-state index contributed by atoms with van der Waals surface area (Å²) in [6.45, 7) is 6.35. The topological polar surface area (TPSA) is 32.3 Å². The molecule has 0 bridgehead atoms. The second-order valence-corrected chi connectivity index (χ2v) is 5.04. The third-order valence-corrected chi connectivity index (χ3v) is 3.56. The van der Waals surface area contributed by atoms with Gasteiger partial charge in [0.25, 0.3) is 0 Å². The molecule has 2 rings (SSSR count). The van der Waals surface area contributed by atoms with Crippen molar-refractivity contribution in [1.29, 1.82) is 0 Å². The van der Waals surface area contributed by atoms with Crippen LogP contribution < -0.4 is 5.32 Å². The fourth-order valence-electron chi connectivity index (χ4n) is 2.31. The first-order chi connectivity index (χ1) is 9.11. The summed E-state index contributed by atoms with van der Waals surface area (Å²) in [5, 5.41) is 13.1. The van der Waals surface area contributed by atoms with E-state index in [1.807, 2.05) is 18.2 Å². The maximum Gasteiger partial charge on any atom is 0.0747 e. The minimum absolute atomic E-state index is 0.0679. The average Bonchev–Trinajstić information content (AvgIpc) is 2.40. The monoisotopic (exact) mass is 255 g/mol. The van der Waals surface area contributed by atoms with Gasteiger partial charge in [0, 0.05) is 5.69 Å². The second-order valence-electron chi connectivity index (χ2n) is 5.04. The molecule has 100 valence electrons. The number of hydrogen-bond acceptors (Lipinski definition) is 2. The van der Waals surface area contributed by atoms with Gasteiger partial charge in [-0.1, -0.05) is 30.3 Å². The highest BCUT2D eigenvalue weighted by atomic mass is 16.3. The molecule has 0 aromatic heterocycles. The summed E-state index contributed by atoms with van der Waals surface area (Å²) in [5.74, 6) is 0. The minimum atomic E-state index is -0.0679. The minimum Gasteiger partial charge on any atom is -0.394 e. The predicted octanol–water partition coefficient (Wildman–Crippen LogP) is 3.76. The highest BCUT2D eigenvalue weighted by Crippen LogP contribution is 2.24. The van der Waals surface area contributed by atoms with Crippen molar-refractivity contribution in [2.75, 3.05) is 11.9 Å². The van der Waals surface area contributed by atoms with Crippen molar-refractivity contribution in [2.45, 2.75) is 26.8 Å². The number of rotatable bonds is 4. The predicted molar refractivity (Wildman–Crippen MR) is 80.5 cm³/mol. The zero-order valence-corrected chi connectivity index (χ0v) is 11.8. The largest absolute Gasteiger partial charge is 0.394 e. The Morgan fingerprint density at radius 3 is 2.47 bits per heavy atom. The Morgan fingerprint density at radius 2 is 1.79 bits per heavy atom. The first-order valence-corrected chi connectivity index (χ1v) is 6.62. The molecule has 0 heterocycles. The smallest absolute Gasteiger partial charge is 0.0747 e. The molecule has 0 saturated carbocycles. The Kier molecular flexibility index (Phi) is 4.23. The van der Waals surface area contributed by atoms with E-state index in [2.05, 4.69) is 50.4 Å². The first-order valence-electron chi connectivity index (χ1n) is 6.62. The highest BCUT2D eigenvalue weighted by Gasteiger charge is 2.13. The first kappa shape index (κ1) is 13.6. The summed E-state index contributed by atoms with van der Waals surface area (Å²) >= 11 is 0. The Bertz CT molecular complexity index is 563. The second kappa shape index (κ2) is 5.89. The molecule has 0 radical (unpaired) electrons. The third-order valence-electron chi connectivity index (χ3n) is 3.56. The normalized spacial score (nSPS) is 12.2. The lowest BCUT2D eigenvalue weighted by atomic mass is 9.97. The number of aryl methyl sites for hydroxylation is 2. The van der Waals surface area contributed by atoms with Gasteiger partial charge in [-0.3, -0.25) is 0 Å². The van der Waals surface area contributed by atoms with Crippen LogP contribution in [-0.2, 0) is 0 Å². The van der Waals surface area contributed by atoms with Gasteiger partial charge in [0.2, 0.25) is 0 Å². The zero-order valence-electron chi connectivity index (χ0n) is 11.8. The van der Waals surface area contributed by atoms with Crippen LogP contribution in [0.2, 0.25) is 0 Å². The fraction of sp³-hybridized carbons (Fsp3) is 0.294. The van der Waals surface area contributed by atoms with Crippen molar-refractivity contribution in [3.63, 3.8) is 0 Å². The number of benzene rings is 2. The van der Waals surface area contributed by atoms with E-state index >= 15 is 0 Å². The lowest BCUT2D eigenvalue weighted by Gasteiger charge is -2.21. The van der Waals surface area contributed by atoms with E-state index in [-0.39, 0.29) is 12.6 Å². The molecule has 2 nitrogen and oxygen atoms in total. The quantitative estimate of drug-likeness (QED) is 0.872. The zero-order chi connectivity index (χ0) is 13.8. The highest BCUT2D eigenvalue weighted by molar-refractivity contribution is 5.49. The maximum atomic E-state index is 9.66. The average molecular weight is 255 g/mol. The lowest BCUT2D eigenvalue weighted by molar-refractivity contribution is 0.276. The molecule has 0 spiro atoms. The van der Waals surface area contributed by atoms with Crippen LogP contribution in [0, 0.1) is 20.8 Å². The van der Waals surface area contributed by atoms with E-state index in [1.54, 1.807) is 0 Å². The molecule has 1 unspecified atom stereocenters. The summed E-state index contributed by atoms with van der Waals surface area (Å²) < 4.78 is 0. The van der Waals surface area contributed by atoms with Gasteiger partial charge >= 0.3 is 0 Å². The van der Waals surface area contributed by atoms with Gasteiger partial charge in [-0.15, -0.1) is 0 Å². The van der Waals surface area contributed by atoms with Crippen LogP contribution >= 0.6 is 0 Å². The Labute approximate surface area is 115 Å². The van der Waals surface area contributed by atoms with Crippen LogP contribution in [0.3, 0.4) is 0 Å². The number of anilines is 1. The van der Waals surface area contributed by atoms with Crippen LogP contribution in [-0.4, -0.2) is 11.7 Å². The van der Waals surface area contributed by atoms with Crippen molar-refractivity contribution < 1.29 is 5.11 Å². The van der Waals surface area contributed by atoms with Gasteiger partial charge in [0.15, 0.2) is 0 Å². The van der Waals surface area contributed by atoms with Crippen LogP contribution in [0.4, 0.5) is 5.69 Å². The van der Waals surface area contributed by atoms with Crippen molar-refractivity contribution in [3.8, 4) is 0 Å². The number of aliphatic hydroxyl groups excluding tert-OH is 1. The summed E-state index contributed by atoms with van der Waals surface area (Å²) in [4.78, 5) is 0. The van der Waals surface area contributed by atoms with Gasteiger partial charge in [-0.25, -0.2) is 0 Å². The van der Waals surface area contributed by atoms with Crippen LogP contribution in [0.25, 0.3) is 0 Å².